The van der Waals surface area contributed by atoms with Crippen LogP contribution in [0.3, 0.4) is 0 Å². The second kappa shape index (κ2) is 7.82. The van der Waals surface area contributed by atoms with Crippen LogP contribution in [0.1, 0.15) is 36.1 Å². The normalized spacial score (nSPS) is 15.8. The average molecular weight is 431 g/mol. The molecule has 156 valence electrons. The van der Waals surface area contributed by atoms with Gasteiger partial charge in [0.1, 0.15) is 36.1 Å². The van der Waals surface area contributed by atoms with Gasteiger partial charge >= 0.3 is 0 Å². The van der Waals surface area contributed by atoms with E-state index >= 15 is 0 Å². The number of fused-ring (bicyclic) bond motifs is 3. The van der Waals surface area contributed by atoms with Gasteiger partial charge in [-0.25, -0.2) is 0 Å². The van der Waals surface area contributed by atoms with E-state index in [1.165, 1.54) is 0 Å². The molecule has 0 aliphatic carbocycles. The van der Waals surface area contributed by atoms with E-state index in [1.54, 1.807) is 0 Å². The summed E-state index contributed by atoms with van der Waals surface area (Å²) in [6, 6.07) is 19.9. The fourth-order valence-electron chi connectivity index (χ4n) is 3.87. The van der Waals surface area contributed by atoms with Gasteiger partial charge in [-0.15, -0.1) is 0 Å². The first kappa shape index (κ1) is 19.8. The lowest BCUT2D eigenvalue weighted by Crippen LogP contribution is -2.27. The Hall–Kier alpha value is -3.17. The molecule has 0 N–H and O–H groups in total. The van der Waals surface area contributed by atoms with Crippen molar-refractivity contribution in [1.29, 1.82) is 0 Å². The fraction of sp³-hybridized carbons (Fsp3) is 0.185. The molecule has 0 radical (unpaired) electrons. The van der Waals surface area contributed by atoms with Crippen molar-refractivity contribution in [1.82, 2.24) is 0 Å². The van der Waals surface area contributed by atoms with Gasteiger partial charge in [0.05, 0.1) is 5.56 Å². The number of hydrogen-bond acceptors (Lipinski definition) is 3. The molecular formula is C27H23ClO3. The third kappa shape index (κ3) is 4.06. The van der Waals surface area contributed by atoms with Crippen molar-refractivity contribution in [2.75, 3.05) is 6.61 Å². The Balaban J connectivity index is 1.48. The lowest BCUT2D eigenvalue weighted by Gasteiger charge is -2.30. The van der Waals surface area contributed by atoms with Gasteiger partial charge in [-0.1, -0.05) is 41.9 Å². The zero-order chi connectivity index (χ0) is 21.4. The lowest BCUT2D eigenvalue weighted by molar-refractivity contribution is 0.158. The molecule has 0 saturated carbocycles. The Labute approximate surface area is 187 Å². The second-order valence-electron chi connectivity index (χ2n) is 8.31. The van der Waals surface area contributed by atoms with Crippen LogP contribution in [0.4, 0.5) is 0 Å². The van der Waals surface area contributed by atoms with Crippen LogP contribution in [-0.2, 0) is 6.61 Å². The molecule has 0 atom stereocenters. The summed E-state index contributed by atoms with van der Waals surface area (Å²) in [7, 11) is 0. The van der Waals surface area contributed by atoms with Gasteiger partial charge in [0, 0.05) is 21.7 Å². The van der Waals surface area contributed by atoms with Crippen molar-refractivity contribution in [3.63, 3.8) is 0 Å². The number of benzene rings is 3. The highest BCUT2D eigenvalue weighted by atomic mass is 35.5. The monoisotopic (exact) mass is 430 g/mol. The molecule has 0 saturated heterocycles. The zero-order valence-corrected chi connectivity index (χ0v) is 18.3. The van der Waals surface area contributed by atoms with E-state index in [1.807, 2.05) is 74.5 Å². The van der Waals surface area contributed by atoms with Crippen LogP contribution in [0.2, 0.25) is 5.02 Å². The van der Waals surface area contributed by atoms with Gasteiger partial charge in [-0.2, -0.15) is 0 Å². The van der Waals surface area contributed by atoms with Crippen molar-refractivity contribution < 1.29 is 14.2 Å². The molecule has 0 unspecified atom stereocenters. The molecule has 31 heavy (non-hydrogen) atoms. The van der Waals surface area contributed by atoms with E-state index in [2.05, 4.69) is 18.2 Å². The van der Waals surface area contributed by atoms with E-state index < -0.39 is 0 Å². The summed E-state index contributed by atoms with van der Waals surface area (Å²) in [5, 5.41) is 0.642. The molecule has 0 bridgehead atoms. The zero-order valence-electron chi connectivity index (χ0n) is 17.5. The summed E-state index contributed by atoms with van der Waals surface area (Å²) < 4.78 is 18.4. The molecule has 4 heteroatoms. The van der Waals surface area contributed by atoms with E-state index in [4.69, 9.17) is 25.8 Å². The minimum Gasteiger partial charge on any atom is -0.488 e. The molecule has 2 aliphatic rings. The molecule has 0 spiro atoms. The predicted octanol–water partition coefficient (Wildman–Crippen LogP) is 7.04. The Kier molecular flexibility index (Phi) is 4.99. The summed E-state index contributed by atoms with van der Waals surface area (Å²) in [5.74, 6) is 2.45. The molecular weight excluding hydrogens is 408 g/mol. The van der Waals surface area contributed by atoms with Crippen LogP contribution >= 0.6 is 11.6 Å². The number of ether oxygens (including phenoxy) is 3. The third-order valence-corrected chi connectivity index (χ3v) is 5.67. The largest absolute Gasteiger partial charge is 0.488 e. The maximum atomic E-state index is 6.27. The highest BCUT2D eigenvalue weighted by Crippen LogP contribution is 2.43. The average Bonchev–Trinajstić information content (AvgIpc) is 2.77. The van der Waals surface area contributed by atoms with E-state index in [0.717, 1.165) is 45.1 Å². The van der Waals surface area contributed by atoms with Crippen LogP contribution < -0.4 is 14.2 Å². The van der Waals surface area contributed by atoms with Gasteiger partial charge < -0.3 is 14.2 Å². The maximum Gasteiger partial charge on any atom is 0.137 e. The molecule has 0 amide bonds. The quantitative estimate of drug-likeness (QED) is 0.444. The molecule has 2 aliphatic heterocycles. The van der Waals surface area contributed by atoms with Gasteiger partial charge in [-0.3, -0.25) is 0 Å². The third-order valence-electron chi connectivity index (χ3n) is 5.44. The maximum absolute atomic E-state index is 6.27. The Morgan fingerprint density at radius 2 is 1.87 bits per heavy atom. The second-order valence-corrected chi connectivity index (χ2v) is 8.74. The van der Waals surface area contributed by atoms with Crippen molar-refractivity contribution in [2.45, 2.75) is 26.1 Å². The lowest BCUT2D eigenvalue weighted by atomic mass is 9.95. The van der Waals surface area contributed by atoms with Crippen LogP contribution in [0, 0.1) is 0 Å². The first-order valence-electron chi connectivity index (χ1n) is 10.3. The first-order valence-corrected chi connectivity index (χ1v) is 10.7. The van der Waals surface area contributed by atoms with Gasteiger partial charge in [-0.05, 0) is 68.0 Å². The molecule has 0 fully saturated rings. The summed E-state index contributed by atoms with van der Waals surface area (Å²) in [6.45, 7) is 5.01. The smallest absolute Gasteiger partial charge is 0.137 e. The van der Waals surface area contributed by atoms with Gasteiger partial charge in [0.15, 0.2) is 0 Å². The van der Waals surface area contributed by atoms with Crippen LogP contribution in [-0.4, -0.2) is 12.2 Å². The molecule has 3 aromatic rings. The number of halogens is 1. The SMILES string of the molecule is CC1(C)C=Cc2c(ccc3c2OCC(c2ccc(Cl)cc2OCc2ccccc2)=C3)O1. The molecule has 3 aromatic carbocycles. The van der Waals surface area contributed by atoms with E-state index in [9.17, 15) is 0 Å². The van der Waals surface area contributed by atoms with Crippen molar-refractivity contribution >= 4 is 29.3 Å². The number of hydrogen-bond donors (Lipinski definition) is 0. The Bertz CT molecular complexity index is 1190. The first-order chi connectivity index (χ1) is 15.0. The van der Waals surface area contributed by atoms with Crippen LogP contribution in [0.15, 0.2) is 66.7 Å². The summed E-state index contributed by atoms with van der Waals surface area (Å²) in [4.78, 5) is 0. The topological polar surface area (TPSA) is 27.7 Å². The van der Waals surface area contributed by atoms with Crippen molar-refractivity contribution in [3.8, 4) is 17.2 Å². The summed E-state index contributed by atoms with van der Waals surface area (Å²) in [5.41, 5.74) is 4.84. The van der Waals surface area contributed by atoms with Crippen LogP contribution in [0.5, 0.6) is 17.2 Å². The Morgan fingerprint density at radius 1 is 1.03 bits per heavy atom. The minimum atomic E-state index is -0.314. The Morgan fingerprint density at radius 3 is 2.71 bits per heavy atom. The number of rotatable bonds is 4. The van der Waals surface area contributed by atoms with E-state index in [0.29, 0.717) is 18.2 Å². The van der Waals surface area contributed by atoms with E-state index in [-0.39, 0.29) is 5.60 Å². The van der Waals surface area contributed by atoms with Crippen molar-refractivity contribution in [2.24, 2.45) is 0 Å². The molecule has 0 aromatic heterocycles. The van der Waals surface area contributed by atoms with Gasteiger partial charge in [0.25, 0.3) is 0 Å². The molecule has 3 nitrogen and oxygen atoms in total. The minimum absolute atomic E-state index is 0.314. The molecule has 2 heterocycles. The standard InChI is InChI=1S/C27H23ClO3/c1-27(2)13-12-23-24(31-27)11-8-19-14-20(17-30-26(19)23)22-10-9-21(28)15-25(22)29-16-18-6-4-3-5-7-18/h3-15H,16-17H2,1-2H3. The van der Waals surface area contributed by atoms with Crippen molar-refractivity contribution in [3.05, 3.63) is 94.0 Å². The predicted molar refractivity (Wildman–Crippen MR) is 126 cm³/mol. The fourth-order valence-corrected chi connectivity index (χ4v) is 4.03. The highest BCUT2D eigenvalue weighted by Gasteiger charge is 2.27. The molecule has 5 rings (SSSR count). The summed E-state index contributed by atoms with van der Waals surface area (Å²) in [6.07, 6.45) is 6.31. The summed E-state index contributed by atoms with van der Waals surface area (Å²) >= 11 is 6.27. The van der Waals surface area contributed by atoms with Crippen LogP contribution in [0.25, 0.3) is 17.7 Å². The van der Waals surface area contributed by atoms with Gasteiger partial charge in [0.2, 0.25) is 0 Å². The highest BCUT2D eigenvalue weighted by molar-refractivity contribution is 6.30.